The van der Waals surface area contributed by atoms with E-state index in [2.05, 4.69) is 6.92 Å². The summed E-state index contributed by atoms with van der Waals surface area (Å²) in [6, 6.07) is 1.73. The second-order valence-electron chi connectivity index (χ2n) is 3.60. The van der Waals surface area contributed by atoms with Crippen molar-refractivity contribution in [2.75, 3.05) is 0 Å². The first-order valence-electron chi connectivity index (χ1n) is 5.07. The number of fused-ring (bicyclic) bond motifs is 1. The predicted molar refractivity (Wildman–Crippen MR) is 57.0 cm³/mol. The third-order valence-electron chi connectivity index (χ3n) is 2.56. The summed E-state index contributed by atoms with van der Waals surface area (Å²) in [6.07, 6.45) is 2.79. The van der Waals surface area contributed by atoms with Gasteiger partial charge in [0, 0.05) is 4.88 Å². The van der Waals surface area contributed by atoms with Crippen molar-refractivity contribution in [3.63, 3.8) is 0 Å². The minimum Gasteiger partial charge on any atom is -0.389 e. The van der Waals surface area contributed by atoms with E-state index < -0.39 is 5.97 Å². The number of thiophene rings is 1. The van der Waals surface area contributed by atoms with Crippen LogP contribution in [-0.2, 0) is 9.53 Å². The summed E-state index contributed by atoms with van der Waals surface area (Å²) in [6.45, 7) is 2.08. The molecule has 0 fully saturated rings. The highest BCUT2D eigenvalue weighted by Crippen LogP contribution is 2.35. The topological polar surface area (TPSA) is 43.4 Å². The van der Waals surface area contributed by atoms with E-state index in [9.17, 15) is 9.59 Å². The van der Waals surface area contributed by atoms with E-state index in [1.807, 2.05) is 5.38 Å². The van der Waals surface area contributed by atoms with Crippen molar-refractivity contribution in [2.24, 2.45) is 0 Å². The van der Waals surface area contributed by atoms with Crippen LogP contribution in [0.1, 0.15) is 47.3 Å². The molecule has 1 atom stereocenters. The van der Waals surface area contributed by atoms with Gasteiger partial charge in [0.05, 0.1) is 11.5 Å². The summed E-state index contributed by atoms with van der Waals surface area (Å²) in [5.41, 5.74) is 0.570. The molecule has 1 aromatic heterocycles. The van der Waals surface area contributed by atoms with Crippen molar-refractivity contribution in [3.05, 3.63) is 21.9 Å². The molecule has 0 spiro atoms. The molecule has 0 N–H and O–H groups in total. The van der Waals surface area contributed by atoms with Crippen LogP contribution in [-0.4, -0.2) is 11.9 Å². The van der Waals surface area contributed by atoms with Crippen molar-refractivity contribution in [1.82, 2.24) is 0 Å². The average molecular weight is 224 g/mol. The van der Waals surface area contributed by atoms with Crippen molar-refractivity contribution in [2.45, 2.75) is 32.1 Å². The lowest BCUT2D eigenvalue weighted by atomic mass is 9.96. The summed E-state index contributed by atoms with van der Waals surface area (Å²) in [5, 5.41) is 1.84. The maximum absolute atomic E-state index is 11.5. The molecule has 0 aromatic carbocycles. The van der Waals surface area contributed by atoms with E-state index in [1.165, 1.54) is 11.3 Å². The van der Waals surface area contributed by atoms with Crippen LogP contribution < -0.4 is 0 Å². The van der Waals surface area contributed by atoms with Gasteiger partial charge in [-0.25, -0.2) is 4.79 Å². The van der Waals surface area contributed by atoms with Gasteiger partial charge < -0.3 is 4.74 Å². The summed E-state index contributed by atoms with van der Waals surface area (Å²) < 4.78 is 4.71. The number of hydrogen-bond acceptors (Lipinski definition) is 4. The Morgan fingerprint density at radius 1 is 1.47 bits per heavy atom. The van der Waals surface area contributed by atoms with Gasteiger partial charge in [-0.05, 0) is 17.9 Å². The second-order valence-corrected chi connectivity index (χ2v) is 4.55. The number of ether oxygens (including phenoxy) is 1. The number of cyclic esters (lactones) is 2. The van der Waals surface area contributed by atoms with Crippen LogP contribution >= 0.6 is 11.3 Å². The highest BCUT2D eigenvalue weighted by atomic mass is 32.1. The minimum atomic E-state index is -0.496. The van der Waals surface area contributed by atoms with Crippen LogP contribution in [0.4, 0.5) is 0 Å². The first-order valence-corrected chi connectivity index (χ1v) is 5.95. The molecule has 2 rings (SSSR count). The quantitative estimate of drug-likeness (QED) is 0.585. The molecule has 0 aliphatic carbocycles. The van der Waals surface area contributed by atoms with Crippen LogP contribution in [0, 0.1) is 0 Å². The van der Waals surface area contributed by atoms with Crippen LogP contribution in [0.5, 0.6) is 0 Å². The molecule has 1 unspecified atom stereocenters. The van der Waals surface area contributed by atoms with Gasteiger partial charge in [-0.1, -0.05) is 19.8 Å². The van der Waals surface area contributed by atoms with Crippen LogP contribution in [0.15, 0.2) is 11.4 Å². The zero-order chi connectivity index (χ0) is 10.8. The Morgan fingerprint density at radius 3 is 3.00 bits per heavy atom. The fourth-order valence-electron chi connectivity index (χ4n) is 1.74. The second kappa shape index (κ2) is 4.14. The zero-order valence-electron chi connectivity index (χ0n) is 8.49. The Hall–Kier alpha value is -1.16. The Labute approximate surface area is 92.1 Å². The standard InChI is InChI=1S/C11H12O3S/c1-2-3-4-7-9-8(5-6-15-9)11(13)14-10(7)12/h5-7H,2-4H2,1H3. The molecule has 4 heteroatoms. The van der Waals surface area contributed by atoms with Gasteiger partial charge in [0.2, 0.25) is 0 Å². The largest absolute Gasteiger partial charge is 0.389 e. The van der Waals surface area contributed by atoms with E-state index in [1.54, 1.807) is 6.07 Å². The number of esters is 2. The molecule has 0 radical (unpaired) electrons. The molecule has 1 aliphatic heterocycles. The summed E-state index contributed by atoms with van der Waals surface area (Å²) >= 11 is 1.47. The lowest BCUT2D eigenvalue weighted by Crippen LogP contribution is -2.26. The van der Waals surface area contributed by atoms with Gasteiger partial charge in [-0.15, -0.1) is 11.3 Å². The van der Waals surface area contributed by atoms with Gasteiger partial charge in [-0.2, -0.15) is 0 Å². The third-order valence-corrected chi connectivity index (χ3v) is 3.59. The fourth-order valence-corrected chi connectivity index (χ4v) is 2.75. The molecule has 15 heavy (non-hydrogen) atoms. The van der Waals surface area contributed by atoms with Crippen molar-refractivity contribution in [3.8, 4) is 0 Å². The minimum absolute atomic E-state index is 0.224. The van der Waals surface area contributed by atoms with Crippen LogP contribution in [0.2, 0.25) is 0 Å². The molecule has 0 saturated heterocycles. The molecule has 80 valence electrons. The SMILES string of the molecule is CCCCC1C(=O)OC(=O)c2ccsc21. The number of rotatable bonds is 3. The molecule has 0 saturated carbocycles. The van der Waals surface area contributed by atoms with Crippen LogP contribution in [0.25, 0.3) is 0 Å². The summed E-state index contributed by atoms with van der Waals surface area (Å²) in [4.78, 5) is 23.8. The van der Waals surface area contributed by atoms with Gasteiger partial charge in [0.25, 0.3) is 0 Å². The normalized spacial score (nSPS) is 19.9. The van der Waals surface area contributed by atoms with Gasteiger partial charge in [0.1, 0.15) is 0 Å². The maximum atomic E-state index is 11.5. The fraction of sp³-hybridized carbons (Fsp3) is 0.455. The van der Waals surface area contributed by atoms with Crippen LogP contribution in [0.3, 0.4) is 0 Å². The van der Waals surface area contributed by atoms with Crippen molar-refractivity contribution in [1.29, 1.82) is 0 Å². The molecular formula is C11H12O3S. The lowest BCUT2D eigenvalue weighted by Gasteiger charge is -2.19. The maximum Gasteiger partial charge on any atom is 0.346 e. The predicted octanol–water partition coefficient (Wildman–Crippen LogP) is 2.72. The zero-order valence-corrected chi connectivity index (χ0v) is 9.30. The van der Waals surface area contributed by atoms with Gasteiger partial charge >= 0.3 is 11.9 Å². The monoisotopic (exact) mass is 224 g/mol. The number of unbranched alkanes of at least 4 members (excludes halogenated alkanes) is 1. The smallest absolute Gasteiger partial charge is 0.346 e. The van der Waals surface area contributed by atoms with E-state index in [0.717, 1.165) is 24.1 Å². The van der Waals surface area contributed by atoms with Gasteiger partial charge in [-0.3, -0.25) is 4.79 Å². The van der Waals surface area contributed by atoms with E-state index in [-0.39, 0.29) is 11.9 Å². The Morgan fingerprint density at radius 2 is 2.27 bits per heavy atom. The molecule has 0 bridgehead atoms. The Kier molecular flexibility index (Phi) is 2.86. The van der Waals surface area contributed by atoms with Crippen molar-refractivity contribution >= 4 is 23.3 Å². The third kappa shape index (κ3) is 1.81. The molecule has 0 amide bonds. The van der Waals surface area contributed by atoms with E-state index in [0.29, 0.717) is 5.56 Å². The number of carbonyl (C=O) groups excluding carboxylic acids is 2. The average Bonchev–Trinajstić information content (AvgIpc) is 2.66. The number of carbonyl (C=O) groups is 2. The summed E-state index contributed by atoms with van der Waals surface area (Å²) in [5.74, 6) is -1.11. The molecule has 2 heterocycles. The molecule has 3 nitrogen and oxygen atoms in total. The lowest BCUT2D eigenvalue weighted by molar-refractivity contribution is -0.140. The molecular weight excluding hydrogens is 212 g/mol. The Balaban J connectivity index is 2.28. The van der Waals surface area contributed by atoms with E-state index in [4.69, 9.17) is 4.74 Å². The van der Waals surface area contributed by atoms with Crippen molar-refractivity contribution < 1.29 is 14.3 Å². The van der Waals surface area contributed by atoms with Gasteiger partial charge in [0.15, 0.2) is 0 Å². The Bertz CT molecular complexity index is 394. The summed E-state index contributed by atoms with van der Waals surface area (Å²) in [7, 11) is 0. The highest BCUT2D eigenvalue weighted by Gasteiger charge is 2.34. The number of hydrogen-bond donors (Lipinski definition) is 0. The first kappa shape index (κ1) is 10.4. The molecule has 1 aromatic rings. The van der Waals surface area contributed by atoms with E-state index >= 15 is 0 Å². The molecule has 1 aliphatic rings. The highest BCUT2D eigenvalue weighted by molar-refractivity contribution is 7.10. The first-order chi connectivity index (χ1) is 7.24.